The van der Waals surface area contributed by atoms with Gasteiger partial charge < -0.3 is 15.4 Å². The second-order valence-corrected chi connectivity index (χ2v) is 4.61. The summed E-state index contributed by atoms with van der Waals surface area (Å²) in [5.41, 5.74) is 10.1. The fraction of sp³-hybridized carbons (Fsp3) is 0.267. The van der Waals surface area contributed by atoms with Crippen LogP contribution >= 0.6 is 0 Å². The highest BCUT2D eigenvalue weighted by atomic mass is 16.5. The molecule has 1 fully saturated rings. The second-order valence-electron chi connectivity index (χ2n) is 4.61. The predicted octanol–water partition coefficient (Wildman–Crippen LogP) is 2.17. The molecule has 0 atom stereocenters. The summed E-state index contributed by atoms with van der Waals surface area (Å²) in [6.45, 7) is 3.42. The fourth-order valence-corrected chi connectivity index (χ4v) is 2.33. The maximum Gasteiger partial charge on any atom is 0.0642 e. The Morgan fingerprint density at radius 2 is 2.00 bits per heavy atom. The van der Waals surface area contributed by atoms with Crippen LogP contribution in [0, 0.1) is 0 Å². The molecule has 1 aliphatic rings. The number of morpholine rings is 1. The summed E-state index contributed by atoms with van der Waals surface area (Å²) in [6.07, 6.45) is 3.61. The zero-order valence-corrected chi connectivity index (χ0v) is 10.7. The van der Waals surface area contributed by atoms with Gasteiger partial charge in [-0.3, -0.25) is 4.98 Å². The second kappa shape index (κ2) is 5.28. The van der Waals surface area contributed by atoms with Crippen LogP contribution in [-0.2, 0) is 4.74 Å². The molecule has 2 aromatic rings. The Labute approximate surface area is 112 Å². The first-order valence-electron chi connectivity index (χ1n) is 6.47. The molecule has 0 amide bonds. The highest BCUT2D eigenvalue weighted by Crippen LogP contribution is 2.30. The van der Waals surface area contributed by atoms with Crippen LogP contribution in [0.5, 0.6) is 0 Å². The first-order chi connectivity index (χ1) is 9.34. The van der Waals surface area contributed by atoms with Crippen molar-refractivity contribution < 1.29 is 4.74 Å². The molecular weight excluding hydrogens is 238 g/mol. The van der Waals surface area contributed by atoms with Gasteiger partial charge in [-0.15, -0.1) is 0 Å². The van der Waals surface area contributed by atoms with Gasteiger partial charge in [-0.25, -0.2) is 0 Å². The molecule has 1 aliphatic heterocycles. The summed E-state index contributed by atoms with van der Waals surface area (Å²) in [5.74, 6) is 0. The van der Waals surface area contributed by atoms with E-state index < -0.39 is 0 Å². The average molecular weight is 255 g/mol. The van der Waals surface area contributed by atoms with Crippen molar-refractivity contribution in [3.05, 3.63) is 42.7 Å². The quantitative estimate of drug-likeness (QED) is 0.836. The van der Waals surface area contributed by atoms with Crippen molar-refractivity contribution in [2.75, 3.05) is 36.9 Å². The van der Waals surface area contributed by atoms with E-state index in [9.17, 15) is 0 Å². The van der Waals surface area contributed by atoms with Crippen LogP contribution in [0.4, 0.5) is 11.4 Å². The highest BCUT2D eigenvalue weighted by Gasteiger charge is 2.13. The minimum atomic E-state index is 0.782. The van der Waals surface area contributed by atoms with Crippen molar-refractivity contribution in [1.82, 2.24) is 4.98 Å². The van der Waals surface area contributed by atoms with Crippen LogP contribution in [0.3, 0.4) is 0 Å². The maximum atomic E-state index is 6.08. The molecule has 1 saturated heterocycles. The molecule has 3 rings (SSSR count). The molecule has 0 aliphatic carbocycles. The van der Waals surface area contributed by atoms with E-state index in [1.807, 2.05) is 24.4 Å². The smallest absolute Gasteiger partial charge is 0.0642 e. The molecule has 0 spiro atoms. The minimum absolute atomic E-state index is 0.782. The molecule has 0 radical (unpaired) electrons. The molecule has 2 heterocycles. The van der Waals surface area contributed by atoms with Gasteiger partial charge in [0.1, 0.15) is 0 Å². The number of benzene rings is 1. The maximum absolute atomic E-state index is 6.08. The Morgan fingerprint density at radius 1 is 1.16 bits per heavy atom. The number of aromatic nitrogens is 1. The summed E-state index contributed by atoms with van der Waals surface area (Å²) in [7, 11) is 0. The van der Waals surface area contributed by atoms with Gasteiger partial charge >= 0.3 is 0 Å². The normalized spacial score (nSPS) is 15.5. The van der Waals surface area contributed by atoms with E-state index in [1.54, 1.807) is 6.20 Å². The standard InChI is InChI=1S/C15H17N3O/c16-15-4-3-13(18-6-8-19-9-7-18)10-14(15)12-2-1-5-17-11-12/h1-5,10-11H,6-9,16H2. The largest absolute Gasteiger partial charge is 0.398 e. The third kappa shape index (κ3) is 2.53. The van der Waals surface area contributed by atoms with Crippen LogP contribution in [0.1, 0.15) is 0 Å². The van der Waals surface area contributed by atoms with Gasteiger partial charge in [-0.1, -0.05) is 6.07 Å². The number of ether oxygens (including phenoxy) is 1. The third-order valence-electron chi connectivity index (χ3n) is 3.39. The van der Waals surface area contributed by atoms with E-state index in [0.29, 0.717) is 0 Å². The number of hydrogen-bond acceptors (Lipinski definition) is 4. The first-order valence-corrected chi connectivity index (χ1v) is 6.47. The van der Waals surface area contributed by atoms with E-state index >= 15 is 0 Å². The lowest BCUT2D eigenvalue weighted by Gasteiger charge is -2.29. The van der Waals surface area contributed by atoms with Crippen molar-refractivity contribution >= 4 is 11.4 Å². The Kier molecular flexibility index (Phi) is 3.33. The number of pyridine rings is 1. The molecule has 19 heavy (non-hydrogen) atoms. The van der Waals surface area contributed by atoms with Crippen LogP contribution in [0.25, 0.3) is 11.1 Å². The average Bonchev–Trinajstić information content (AvgIpc) is 2.49. The molecule has 98 valence electrons. The molecule has 2 N–H and O–H groups in total. The molecule has 0 unspecified atom stereocenters. The monoisotopic (exact) mass is 255 g/mol. The SMILES string of the molecule is Nc1ccc(N2CCOCC2)cc1-c1cccnc1. The molecule has 4 nitrogen and oxygen atoms in total. The van der Waals surface area contributed by atoms with Gasteiger partial charge in [0.15, 0.2) is 0 Å². The summed E-state index contributed by atoms with van der Waals surface area (Å²) in [6, 6.07) is 10.1. The summed E-state index contributed by atoms with van der Waals surface area (Å²) in [5, 5.41) is 0. The van der Waals surface area contributed by atoms with E-state index in [2.05, 4.69) is 22.0 Å². The summed E-state index contributed by atoms with van der Waals surface area (Å²) >= 11 is 0. The number of nitrogens with two attached hydrogens (primary N) is 1. The van der Waals surface area contributed by atoms with Crippen LogP contribution in [-0.4, -0.2) is 31.3 Å². The van der Waals surface area contributed by atoms with Gasteiger partial charge in [-0.2, -0.15) is 0 Å². The predicted molar refractivity (Wildman–Crippen MR) is 77.1 cm³/mol. The lowest BCUT2D eigenvalue weighted by atomic mass is 10.0. The molecule has 0 saturated carbocycles. The Morgan fingerprint density at radius 3 is 2.74 bits per heavy atom. The van der Waals surface area contributed by atoms with Gasteiger partial charge in [0, 0.05) is 48.0 Å². The van der Waals surface area contributed by atoms with Crippen molar-refractivity contribution in [3.8, 4) is 11.1 Å². The molecule has 0 bridgehead atoms. The van der Waals surface area contributed by atoms with Gasteiger partial charge in [0.2, 0.25) is 0 Å². The first kappa shape index (κ1) is 12.0. The highest BCUT2D eigenvalue weighted by molar-refractivity contribution is 5.79. The van der Waals surface area contributed by atoms with E-state index in [1.165, 1.54) is 5.69 Å². The van der Waals surface area contributed by atoms with Crippen LogP contribution < -0.4 is 10.6 Å². The Balaban J connectivity index is 1.96. The van der Waals surface area contributed by atoms with Crippen molar-refractivity contribution in [2.45, 2.75) is 0 Å². The molecule has 4 heteroatoms. The van der Waals surface area contributed by atoms with Gasteiger partial charge in [-0.05, 0) is 24.3 Å². The topological polar surface area (TPSA) is 51.4 Å². The number of nitrogens with zero attached hydrogens (tertiary/aromatic N) is 2. The van der Waals surface area contributed by atoms with E-state index in [4.69, 9.17) is 10.5 Å². The lowest BCUT2D eigenvalue weighted by Crippen LogP contribution is -2.36. The summed E-state index contributed by atoms with van der Waals surface area (Å²) in [4.78, 5) is 6.48. The number of nitrogen functional groups attached to an aromatic ring is 1. The van der Waals surface area contributed by atoms with E-state index in [-0.39, 0.29) is 0 Å². The van der Waals surface area contributed by atoms with Gasteiger partial charge in [0.25, 0.3) is 0 Å². The number of hydrogen-bond donors (Lipinski definition) is 1. The Hall–Kier alpha value is -2.07. The van der Waals surface area contributed by atoms with Crippen molar-refractivity contribution in [2.24, 2.45) is 0 Å². The van der Waals surface area contributed by atoms with Crippen molar-refractivity contribution in [1.29, 1.82) is 0 Å². The van der Waals surface area contributed by atoms with Crippen LogP contribution in [0.15, 0.2) is 42.7 Å². The zero-order valence-electron chi connectivity index (χ0n) is 10.7. The molecular formula is C15H17N3O. The minimum Gasteiger partial charge on any atom is -0.398 e. The summed E-state index contributed by atoms with van der Waals surface area (Å²) < 4.78 is 5.38. The van der Waals surface area contributed by atoms with Gasteiger partial charge in [0.05, 0.1) is 13.2 Å². The van der Waals surface area contributed by atoms with Crippen molar-refractivity contribution in [3.63, 3.8) is 0 Å². The number of rotatable bonds is 2. The number of anilines is 2. The molecule has 1 aromatic heterocycles. The van der Waals surface area contributed by atoms with E-state index in [0.717, 1.165) is 43.1 Å². The zero-order chi connectivity index (χ0) is 13.1. The lowest BCUT2D eigenvalue weighted by molar-refractivity contribution is 0.122. The van der Waals surface area contributed by atoms with Crippen LogP contribution in [0.2, 0.25) is 0 Å². The fourth-order valence-electron chi connectivity index (χ4n) is 2.33. The Bertz CT molecular complexity index is 551. The third-order valence-corrected chi connectivity index (χ3v) is 3.39. The molecule has 1 aromatic carbocycles.